The van der Waals surface area contributed by atoms with Crippen molar-refractivity contribution >= 4 is 12.0 Å². The number of hydrogen-bond acceptors (Lipinski definition) is 1. The normalized spacial score (nSPS) is 21.1. The molecule has 164 valence electrons. The first-order chi connectivity index (χ1) is 15.5. The van der Waals surface area contributed by atoms with E-state index in [1.807, 2.05) is 42.5 Å². The molecule has 3 nitrogen and oxygen atoms in total. The number of carbonyl (C=O) groups excluding carboxylic acids is 1. The number of likely N-dealkylation sites (tertiary alicyclic amines) is 1. The zero-order valence-corrected chi connectivity index (χ0v) is 18.9. The predicted molar refractivity (Wildman–Crippen MR) is 132 cm³/mol. The summed E-state index contributed by atoms with van der Waals surface area (Å²) >= 11 is 0. The van der Waals surface area contributed by atoms with Crippen molar-refractivity contribution in [2.75, 3.05) is 26.7 Å². The smallest absolute Gasteiger partial charge is 0.233 e. The molecule has 1 aliphatic heterocycles. The number of carbonyl (C=O) groups is 1. The lowest BCUT2D eigenvalue weighted by atomic mass is 9.64. The first-order valence-corrected chi connectivity index (χ1v) is 11.5. The highest BCUT2D eigenvalue weighted by molar-refractivity contribution is 5.91. The average molecular weight is 426 g/mol. The van der Waals surface area contributed by atoms with E-state index in [-0.39, 0.29) is 11.8 Å². The Kier molecular flexibility index (Phi) is 6.57. The summed E-state index contributed by atoms with van der Waals surface area (Å²) in [5, 5.41) is 0. The maximum Gasteiger partial charge on any atom is 0.233 e. The molecule has 1 aliphatic rings. The minimum Gasteiger partial charge on any atom is -0.369 e. The maximum absolute atomic E-state index is 13.2. The molecule has 0 radical (unpaired) electrons. The summed E-state index contributed by atoms with van der Waals surface area (Å²) in [5.41, 5.74) is 8.66. The van der Waals surface area contributed by atoms with Crippen molar-refractivity contribution in [3.8, 4) is 0 Å². The summed E-state index contributed by atoms with van der Waals surface area (Å²) in [5.74, 6) is -0.0924. The summed E-state index contributed by atoms with van der Waals surface area (Å²) in [4.78, 5) is 13.2. The highest BCUT2D eigenvalue weighted by atomic mass is 16.1. The minimum absolute atomic E-state index is 0.160. The van der Waals surface area contributed by atoms with Crippen molar-refractivity contribution in [3.63, 3.8) is 0 Å². The fourth-order valence-electron chi connectivity index (χ4n) is 5.43. The van der Waals surface area contributed by atoms with Crippen molar-refractivity contribution in [1.82, 2.24) is 0 Å². The Morgan fingerprint density at radius 2 is 1.47 bits per heavy atom. The van der Waals surface area contributed by atoms with Crippen LogP contribution in [-0.4, -0.2) is 37.1 Å². The molecule has 32 heavy (non-hydrogen) atoms. The molecule has 3 aromatic carbocycles. The van der Waals surface area contributed by atoms with E-state index in [1.54, 1.807) is 0 Å². The molecule has 1 fully saturated rings. The molecule has 2 N–H and O–H groups in total. The second-order valence-electron chi connectivity index (χ2n) is 9.24. The lowest BCUT2D eigenvalue weighted by Gasteiger charge is -2.38. The van der Waals surface area contributed by atoms with Gasteiger partial charge in [0.05, 0.1) is 26.7 Å². The first kappa shape index (κ1) is 22.0. The van der Waals surface area contributed by atoms with Gasteiger partial charge in [0, 0.05) is 18.8 Å². The fourth-order valence-corrected chi connectivity index (χ4v) is 5.43. The van der Waals surface area contributed by atoms with Crippen LogP contribution in [0.5, 0.6) is 0 Å². The second-order valence-corrected chi connectivity index (χ2v) is 9.24. The van der Waals surface area contributed by atoms with Crippen molar-refractivity contribution in [2.45, 2.75) is 18.3 Å². The van der Waals surface area contributed by atoms with E-state index in [1.165, 1.54) is 5.56 Å². The topological polar surface area (TPSA) is 43.1 Å². The van der Waals surface area contributed by atoms with E-state index < -0.39 is 5.41 Å². The molecule has 1 heterocycles. The quantitative estimate of drug-likeness (QED) is 0.506. The number of primary amides is 1. The van der Waals surface area contributed by atoms with Gasteiger partial charge >= 0.3 is 0 Å². The van der Waals surface area contributed by atoms with Crippen molar-refractivity contribution in [2.24, 2.45) is 11.7 Å². The third kappa shape index (κ3) is 4.39. The van der Waals surface area contributed by atoms with E-state index >= 15 is 0 Å². The van der Waals surface area contributed by atoms with Crippen LogP contribution in [0.1, 0.15) is 29.5 Å². The van der Waals surface area contributed by atoms with Crippen LogP contribution in [-0.2, 0) is 10.2 Å². The molecule has 0 spiro atoms. The van der Waals surface area contributed by atoms with Crippen LogP contribution in [0.4, 0.5) is 0 Å². The minimum atomic E-state index is -0.807. The number of quaternary nitrogens is 1. The summed E-state index contributed by atoms with van der Waals surface area (Å²) in [7, 11) is 2.32. The molecule has 0 aliphatic carbocycles. The Labute approximate surface area is 191 Å². The maximum atomic E-state index is 13.2. The molecule has 0 saturated carbocycles. The van der Waals surface area contributed by atoms with Crippen LogP contribution in [0.25, 0.3) is 6.08 Å². The first-order valence-electron chi connectivity index (χ1n) is 11.5. The Hall–Kier alpha value is -3.17. The Bertz CT molecular complexity index is 1010. The number of rotatable bonds is 8. The van der Waals surface area contributed by atoms with Gasteiger partial charge in [0.2, 0.25) is 5.91 Å². The zero-order chi connectivity index (χ0) is 22.4. The largest absolute Gasteiger partial charge is 0.369 e. The van der Waals surface area contributed by atoms with Crippen molar-refractivity contribution in [3.05, 3.63) is 114 Å². The number of nitrogens with zero attached hydrogens (tertiary/aromatic N) is 1. The van der Waals surface area contributed by atoms with Crippen LogP contribution in [0.3, 0.4) is 0 Å². The van der Waals surface area contributed by atoms with Crippen molar-refractivity contribution < 1.29 is 9.28 Å². The summed E-state index contributed by atoms with van der Waals surface area (Å²) in [6.07, 6.45) is 6.45. The van der Waals surface area contributed by atoms with Gasteiger partial charge in [-0.25, -0.2) is 0 Å². The number of hydrogen-bond donors (Lipinski definition) is 1. The lowest BCUT2D eigenvalue weighted by molar-refractivity contribution is -0.898. The summed E-state index contributed by atoms with van der Waals surface area (Å²) < 4.78 is 0.957. The van der Waals surface area contributed by atoms with Crippen LogP contribution in [0, 0.1) is 5.92 Å². The van der Waals surface area contributed by atoms with Gasteiger partial charge in [-0.15, -0.1) is 0 Å². The van der Waals surface area contributed by atoms with Crippen LogP contribution in [0.2, 0.25) is 0 Å². The SMILES string of the molecule is C[N@+]1(CC/C=C/c2ccccc2)CCC(C(C(N)=O)(c2ccccc2)c2ccccc2)C1. The van der Waals surface area contributed by atoms with Gasteiger partial charge in [-0.2, -0.15) is 0 Å². The lowest BCUT2D eigenvalue weighted by Crippen LogP contribution is -2.51. The van der Waals surface area contributed by atoms with Crippen molar-refractivity contribution in [1.29, 1.82) is 0 Å². The zero-order valence-electron chi connectivity index (χ0n) is 18.9. The highest BCUT2D eigenvalue weighted by Crippen LogP contribution is 2.45. The van der Waals surface area contributed by atoms with E-state index in [0.29, 0.717) is 0 Å². The van der Waals surface area contributed by atoms with E-state index in [4.69, 9.17) is 5.73 Å². The number of amides is 1. The Morgan fingerprint density at radius 3 is 2.00 bits per heavy atom. The summed E-state index contributed by atoms with van der Waals surface area (Å²) in [6, 6.07) is 30.7. The molecule has 1 amide bonds. The Morgan fingerprint density at radius 1 is 0.938 bits per heavy atom. The van der Waals surface area contributed by atoms with Gasteiger partial charge in [0.25, 0.3) is 0 Å². The molecule has 4 rings (SSSR count). The van der Waals surface area contributed by atoms with Gasteiger partial charge in [-0.3, -0.25) is 4.79 Å². The molecule has 2 atom stereocenters. The number of nitrogens with two attached hydrogens (primary N) is 1. The van der Waals surface area contributed by atoms with Gasteiger partial charge in [0.15, 0.2) is 0 Å². The third-order valence-corrected chi connectivity index (χ3v) is 7.08. The third-order valence-electron chi connectivity index (χ3n) is 7.08. The predicted octanol–water partition coefficient (Wildman–Crippen LogP) is 5.03. The highest BCUT2D eigenvalue weighted by Gasteiger charge is 2.53. The number of benzene rings is 3. The van der Waals surface area contributed by atoms with Gasteiger partial charge in [-0.1, -0.05) is 103 Å². The fraction of sp³-hybridized carbons (Fsp3) is 0.276. The van der Waals surface area contributed by atoms with Gasteiger partial charge in [0.1, 0.15) is 5.41 Å². The van der Waals surface area contributed by atoms with E-state index in [2.05, 4.69) is 67.7 Å². The monoisotopic (exact) mass is 425 g/mol. The molecule has 3 aromatic rings. The average Bonchev–Trinajstić information content (AvgIpc) is 3.21. The second kappa shape index (κ2) is 9.54. The molecule has 0 bridgehead atoms. The molecule has 3 heteroatoms. The van der Waals surface area contributed by atoms with E-state index in [9.17, 15) is 4.79 Å². The van der Waals surface area contributed by atoms with Crippen LogP contribution < -0.4 is 5.73 Å². The molecule has 1 saturated heterocycles. The summed E-state index contributed by atoms with van der Waals surface area (Å²) in [6.45, 7) is 3.04. The van der Waals surface area contributed by atoms with Gasteiger partial charge < -0.3 is 10.2 Å². The van der Waals surface area contributed by atoms with E-state index in [0.717, 1.165) is 48.1 Å². The standard InChI is InChI=1S/C29H32N2O/c1-31(21-12-11-15-24-13-5-2-6-14-24)22-20-27(23-31)29(28(30)32,25-16-7-3-8-17-25)26-18-9-4-10-19-26/h2-11,13-19,27H,12,20-23H2,1H3,(H-,30,32)/p+1/b15-11+/t27?,31-/m0/s1. The van der Waals surface area contributed by atoms with Crippen LogP contribution >= 0.6 is 0 Å². The van der Waals surface area contributed by atoms with Crippen LogP contribution in [0.15, 0.2) is 97.1 Å². The molecule has 1 unspecified atom stereocenters. The Balaban J connectivity index is 1.58. The molecule has 0 aromatic heterocycles. The molecular weight excluding hydrogens is 392 g/mol. The molecular formula is C29H33N2O+. The van der Waals surface area contributed by atoms with Gasteiger partial charge in [-0.05, 0) is 16.7 Å².